The van der Waals surface area contributed by atoms with Crippen molar-refractivity contribution in [1.29, 1.82) is 0 Å². The van der Waals surface area contributed by atoms with E-state index >= 15 is 0 Å². The first kappa shape index (κ1) is 19.8. The van der Waals surface area contributed by atoms with Gasteiger partial charge in [0.2, 0.25) is 0 Å². The molecule has 7 nitrogen and oxygen atoms in total. The second-order valence-electron chi connectivity index (χ2n) is 8.45. The van der Waals surface area contributed by atoms with Crippen molar-refractivity contribution in [3.05, 3.63) is 54.1 Å². The molecule has 0 unspecified atom stereocenters. The maximum atomic E-state index is 10.4. The highest BCUT2D eigenvalue weighted by molar-refractivity contribution is 5.81. The Balaban J connectivity index is 1.63. The number of nitrogens with zero attached hydrogens (tertiary/aromatic N) is 5. The van der Waals surface area contributed by atoms with Crippen LogP contribution in [0.3, 0.4) is 0 Å². The normalized spacial score (nSPS) is 15.9. The van der Waals surface area contributed by atoms with Gasteiger partial charge in [0.1, 0.15) is 11.3 Å². The van der Waals surface area contributed by atoms with E-state index < -0.39 is 6.10 Å². The lowest BCUT2D eigenvalue weighted by Gasteiger charge is -2.22. The number of hydrogen-bond donors (Lipinski definition) is 1. The molecule has 3 aromatic heterocycles. The minimum absolute atomic E-state index is 0.0404. The number of ether oxygens (including phenoxy) is 1. The Kier molecular flexibility index (Phi) is 4.78. The van der Waals surface area contributed by atoms with Gasteiger partial charge in [-0.2, -0.15) is 5.10 Å². The molecule has 7 heteroatoms. The number of aliphatic hydroxyl groups excluding tert-OH is 1. The second-order valence-corrected chi connectivity index (χ2v) is 8.45. The van der Waals surface area contributed by atoms with E-state index in [1.807, 2.05) is 44.3 Å². The molecule has 160 valence electrons. The minimum Gasteiger partial charge on any atom is -0.496 e. The molecule has 4 aromatic rings. The van der Waals surface area contributed by atoms with Crippen molar-refractivity contribution in [3.63, 3.8) is 0 Å². The fourth-order valence-corrected chi connectivity index (χ4v) is 4.50. The average Bonchev–Trinajstić information content (AvgIpc) is 3.32. The standard InChI is InChI=1S/C24H27N5O2/c1-14-13-28(23(16(3)30)17-6-7-17)24-21(14)27-22(15(2)26-24)19-9-8-18(12-20(19)31-4)29-11-5-10-25-29/h5,8-13,16-17,23,30H,6-7H2,1-4H3/t16-,23+/m0/s1. The van der Waals surface area contributed by atoms with Gasteiger partial charge in [0.05, 0.1) is 36.3 Å². The molecule has 1 N–H and O–H groups in total. The van der Waals surface area contributed by atoms with Crippen LogP contribution in [0, 0.1) is 19.8 Å². The molecule has 3 heterocycles. The number of fused-ring (bicyclic) bond motifs is 1. The zero-order valence-corrected chi connectivity index (χ0v) is 18.3. The van der Waals surface area contributed by atoms with Gasteiger partial charge in [-0.3, -0.25) is 0 Å². The Morgan fingerprint density at radius 2 is 2.00 bits per heavy atom. The Morgan fingerprint density at radius 1 is 1.19 bits per heavy atom. The van der Waals surface area contributed by atoms with E-state index in [1.54, 1.807) is 18.0 Å². The Labute approximate surface area is 181 Å². The Hall–Kier alpha value is -3.19. The Morgan fingerprint density at radius 3 is 2.65 bits per heavy atom. The van der Waals surface area contributed by atoms with Crippen LogP contribution in [0.4, 0.5) is 0 Å². The highest BCUT2D eigenvalue weighted by Crippen LogP contribution is 2.43. The van der Waals surface area contributed by atoms with Crippen LogP contribution in [0.15, 0.2) is 42.9 Å². The zero-order valence-electron chi connectivity index (χ0n) is 18.3. The summed E-state index contributed by atoms with van der Waals surface area (Å²) in [4.78, 5) is 9.97. The summed E-state index contributed by atoms with van der Waals surface area (Å²) in [6, 6.07) is 7.90. The number of hydrogen-bond acceptors (Lipinski definition) is 5. The first-order valence-electron chi connectivity index (χ1n) is 10.7. The van der Waals surface area contributed by atoms with Crippen LogP contribution in [0.25, 0.3) is 28.1 Å². The third-order valence-electron chi connectivity index (χ3n) is 6.13. The van der Waals surface area contributed by atoms with Gasteiger partial charge in [0, 0.05) is 30.2 Å². The van der Waals surface area contributed by atoms with Crippen LogP contribution < -0.4 is 4.74 Å². The second kappa shape index (κ2) is 7.50. The maximum absolute atomic E-state index is 10.4. The topological polar surface area (TPSA) is 78.0 Å². The summed E-state index contributed by atoms with van der Waals surface area (Å²) in [7, 11) is 1.66. The highest BCUT2D eigenvalue weighted by Gasteiger charge is 2.36. The van der Waals surface area contributed by atoms with Gasteiger partial charge >= 0.3 is 0 Å². The van der Waals surface area contributed by atoms with Crippen molar-refractivity contribution < 1.29 is 9.84 Å². The molecule has 1 fully saturated rings. The molecule has 0 spiro atoms. The molecular weight excluding hydrogens is 390 g/mol. The summed E-state index contributed by atoms with van der Waals surface area (Å²) < 4.78 is 9.63. The first-order chi connectivity index (χ1) is 15.0. The van der Waals surface area contributed by atoms with Gasteiger partial charge in [-0.1, -0.05) is 0 Å². The summed E-state index contributed by atoms with van der Waals surface area (Å²) >= 11 is 0. The van der Waals surface area contributed by atoms with Gasteiger partial charge < -0.3 is 14.4 Å². The van der Waals surface area contributed by atoms with Gasteiger partial charge in [0.15, 0.2) is 5.65 Å². The molecule has 0 saturated heterocycles. The van der Waals surface area contributed by atoms with Crippen LogP contribution >= 0.6 is 0 Å². The van der Waals surface area contributed by atoms with E-state index in [2.05, 4.69) is 22.8 Å². The molecule has 0 radical (unpaired) electrons. The number of rotatable bonds is 6. The fraction of sp³-hybridized carbons (Fsp3) is 0.375. The van der Waals surface area contributed by atoms with Crippen LogP contribution in [0.2, 0.25) is 0 Å². The molecule has 1 aromatic carbocycles. The van der Waals surface area contributed by atoms with Gasteiger partial charge in [-0.25, -0.2) is 14.6 Å². The summed E-state index contributed by atoms with van der Waals surface area (Å²) in [5, 5.41) is 14.7. The Bertz CT molecular complexity index is 1240. The smallest absolute Gasteiger partial charge is 0.159 e. The van der Waals surface area contributed by atoms with Crippen molar-refractivity contribution in [2.24, 2.45) is 5.92 Å². The summed E-state index contributed by atoms with van der Waals surface area (Å²) in [6.45, 7) is 5.89. The van der Waals surface area contributed by atoms with E-state index in [4.69, 9.17) is 14.7 Å². The van der Waals surface area contributed by atoms with Crippen molar-refractivity contribution in [2.45, 2.75) is 45.8 Å². The first-order valence-corrected chi connectivity index (χ1v) is 10.7. The minimum atomic E-state index is -0.431. The van der Waals surface area contributed by atoms with E-state index in [-0.39, 0.29) is 6.04 Å². The lowest BCUT2D eigenvalue weighted by atomic mass is 10.1. The molecule has 1 aliphatic rings. The van der Waals surface area contributed by atoms with Crippen molar-refractivity contribution in [3.8, 4) is 22.7 Å². The predicted octanol–water partition coefficient (Wildman–Crippen LogP) is 4.24. The summed E-state index contributed by atoms with van der Waals surface area (Å²) in [5.41, 5.74) is 6.21. The number of benzene rings is 1. The summed E-state index contributed by atoms with van der Waals surface area (Å²) in [5.74, 6) is 1.23. The third-order valence-corrected chi connectivity index (χ3v) is 6.13. The van der Waals surface area contributed by atoms with Crippen LogP contribution in [0.1, 0.15) is 37.1 Å². The molecule has 0 bridgehead atoms. The van der Waals surface area contributed by atoms with Crippen LogP contribution in [-0.2, 0) is 0 Å². The van der Waals surface area contributed by atoms with Crippen molar-refractivity contribution in [1.82, 2.24) is 24.3 Å². The molecule has 1 saturated carbocycles. The summed E-state index contributed by atoms with van der Waals surface area (Å²) in [6.07, 6.45) is 7.60. The van der Waals surface area contributed by atoms with E-state index in [9.17, 15) is 5.11 Å². The number of methoxy groups -OCH3 is 1. The molecule has 0 amide bonds. The molecule has 5 rings (SSSR count). The molecule has 1 aliphatic carbocycles. The zero-order chi connectivity index (χ0) is 21.7. The van der Waals surface area contributed by atoms with Crippen molar-refractivity contribution >= 4 is 11.2 Å². The van der Waals surface area contributed by atoms with Gasteiger partial charge in [0.25, 0.3) is 0 Å². The third kappa shape index (κ3) is 3.39. The predicted molar refractivity (Wildman–Crippen MR) is 120 cm³/mol. The maximum Gasteiger partial charge on any atom is 0.159 e. The number of aryl methyl sites for hydroxylation is 2. The van der Waals surface area contributed by atoms with E-state index in [1.165, 1.54) is 0 Å². The molecular formula is C24H27N5O2. The number of aliphatic hydroxyl groups is 1. The van der Waals surface area contributed by atoms with Gasteiger partial charge in [-0.15, -0.1) is 0 Å². The largest absolute Gasteiger partial charge is 0.496 e. The quantitative estimate of drug-likeness (QED) is 0.508. The monoisotopic (exact) mass is 417 g/mol. The van der Waals surface area contributed by atoms with Gasteiger partial charge in [-0.05, 0) is 63.3 Å². The average molecular weight is 418 g/mol. The molecule has 0 aliphatic heterocycles. The van der Waals surface area contributed by atoms with Crippen LogP contribution in [-0.4, -0.2) is 42.6 Å². The lowest BCUT2D eigenvalue weighted by Crippen LogP contribution is -2.23. The van der Waals surface area contributed by atoms with Crippen molar-refractivity contribution in [2.75, 3.05) is 7.11 Å². The van der Waals surface area contributed by atoms with Crippen LogP contribution in [0.5, 0.6) is 5.75 Å². The van der Waals surface area contributed by atoms with E-state index in [0.717, 1.165) is 58.0 Å². The molecule has 31 heavy (non-hydrogen) atoms. The molecule has 2 atom stereocenters. The fourth-order valence-electron chi connectivity index (χ4n) is 4.50. The SMILES string of the molecule is COc1cc(-n2cccn2)ccc1-c1nc2c(C)cn([C@@H](C3CC3)[C@H](C)O)c2nc1C. The van der Waals surface area contributed by atoms with E-state index in [0.29, 0.717) is 5.92 Å². The number of aromatic nitrogens is 5. The lowest BCUT2D eigenvalue weighted by molar-refractivity contribution is 0.119. The highest BCUT2D eigenvalue weighted by atomic mass is 16.5.